The molecule has 2 amide bonds. The Bertz CT molecular complexity index is 1210. The lowest BCUT2D eigenvalue weighted by atomic mass is 10.1. The molecule has 0 saturated heterocycles. The van der Waals surface area contributed by atoms with Crippen LogP contribution in [-0.4, -0.2) is 49.9 Å². The van der Waals surface area contributed by atoms with Crippen molar-refractivity contribution in [3.63, 3.8) is 0 Å². The van der Waals surface area contributed by atoms with E-state index in [0.717, 1.165) is 21.9 Å². The van der Waals surface area contributed by atoms with E-state index in [2.05, 4.69) is 15.5 Å². The van der Waals surface area contributed by atoms with Gasteiger partial charge in [0.2, 0.25) is 22.7 Å². The molecule has 2 heterocycles. The Morgan fingerprint density at radius 2 is 1.83 bits per heavy atom. The number of aromatic nitrogens is 2. The molecule has 1 aliphatic heterocycles. The smallest absolute Gasteiger partial charge is 0.246 e. The Hall–Kier alpha value is -3.31. The summed E-state index contributed by atoms with van der Waals surface area (Å²) in [6.45, 7) is 1.85. The molecule has 0 saturated carbocycles. The average molecular weight is 515 g/mol. The van der Waals surface area contributed by atoms with Crippen molar-refractivity contribution in [1.29, 1.82) is 0 Å². The predicted molar refractivity (Wildman–Crippen MR) is 136 cm³/mol. The average Bonchev–Trinajstić information content (AvgIpc) is 3.28. The van der Waals surface area contributed by atoms with Crippen LogP contribution in [0.25, 0.3) is 0 Å². The van der Waals surface area contributed by atoms with E-state index in [1.807, 2.05) is 43.3 Å². The van der Waals surface area contributed by atoms with Crippen LogP contribution in [0.1, 0.15) is 29.2 Å². The minimum Gasteiger partial charge on any atom is -0.493 e. The first-order valence-corrected chi connectivity index (χ1v) is 12.6. The quantitative estimate of drug-likeness (QED) is 0.474. The minimum atomic E-state index is -0.330. The molecule has 3 aromatic rings. The fraction of sp³-hybridized carbons (Fsp3) is 0.333. The van der Waals surface area contributed by atoms with Crippen molar-refractivity contribution < 1.29 is 23.8 Å². The maximum atomic E-state index is 13.5. The first-order valence-electron chi connectivity index (χ1n) is 11.0. The van der Waals surface area contributed by atoms with Crippen LogP contribution in [0, 0.1) is 0 Å². The first kappa shape index (κ1) is 24.8. The van der Waals surface area contributed by atoms with Gasteiger partial charge in [0.05, 0.1) is 27.0 Å². The number of fused-ring (bicyclic) bond motifs is 1. The van der Waals surface area contributed by atoms with Crippen molar-refractivity contribution in [3.05, 3.63) is 47.0 Å². The lowest BCUT2D eigenvalue weighted by molar-refractivity contribution is -0.121. The summed E-state index contributed by atoms with van der Waals surface area (Å²) in [5, 5.41) is 11.8. The number of aryl methyl sites for hydroxylation is 1. The van der Waals surface area contributed by atoms with Gasteiger partial charge >= 0.3 is 0 Å². The third kappa shape index (κ3) is 5.35. The highest BCUT2D eigenvalue weighted by molar-refractivity contribution is 7.99. The van der Waals surface area contributed by atoms with Crippen LogP contribution >= 0.6 is 23.1 Å². The van der Waals surface area contributed by atoms with E-state index in [1.165, 1.54) is 16.2 Å². The van der Waals surface area contributed by atoms with Gasteiger partial charge in [0.1, 0.15) is 11.6 Å². The highest BCUT2D eigenvalue weighted by Crippen LogP contribution is 2.49. The second kappa shape index (κ2) is 11.0. The van der Waals surface area contributed by atoms with Gasteiger partial charge < -0.3 is 19.1 Å². The second-order valence-corrected chi connectivity index (χ2v) is 9.93. The van der Waals surface area contributed by atoms with Crippen molar-refractivity contribution >= 4 is 45.7 Å². The van der Waals surface area contributed by atoms with Crippen LogP contribution in [0.5, 0.6) is 17.2 Å². The summed E-state index contributed by atoms with van der Waals surface area (Å²) in [6, 6.07) is 11.3. The van der Waals surface area contributed by atoms with Crippen LogP contribution in [0.15, 0.2) is 41.3 Å². The summed E-state index contributed by atoms with van der Waals surface area (Å²) < 4.78 is 16.4. The van der Waals surface area contributed by atoms with Crippen LogP contribution in [0.4, 0.5) is 10.8 Å². The fourth-order valence-electron chi connectivity index (χ4n) is 3.77. The second-order valence-electron chi connectivity index (χ2n) is 7.62. The summed E-state index contributed by atoms with van der Waals surface area (Å²) in [4.78, 5) is 28.7. The molecule has 0 radical (unpaired) electrons. The number of thioether (sulfide) groups is 1. The van der Waals surface area contributed by atoms with Crippen molar-refractivity contribution in [2.24, 2.45) is 0 Å². The SMILES string of the molecule is CCc1nnc(NC(=O)CN2C(=O)CC(c3cc(OC)c(OC)c(OC)c3)Sc3ccccc32)s1. The molecular weight excluding hydrogens is 488 g/mol. The Kier molecular flexibility index (Phi) is 7.76. The normalized spacial score (nSPS) is 15.3. The van der Waals surface area contributed by atoms with Gasteiger partial charge in [-0.05, 0) is 36.2 Å². The number of nitrogens with zero attached hydrogens (tertiary/aromatic N) is 3. The van der Waals surface area contributed by atoms with E-state index in [-0.39, 0.29) is 30.0 Å². The molecule has 1 aliphatic rings. The number of anilines is 2. The monoisotopic (exact) mass is 514 g/mol. The highest BCUT2D eigenvalue weighted by atomic mass is 32.2. The summed E-state index contributed by atoms with van der Waals surface area (Å²) in [5.41, 5.74) is 1.55. The van der Waals surface area contributed by atoms with Gasteiger partial charge in [-0.2, -0.15) is 0 Å². The molecule has 0 aliphatic carbocycles. The standard InChI is InChI=1S/C24H26N4O5S2/c1-5-21-26-27-24(35-21)25-20(29)13-28-15-8-6-7-9-18(15)34-19(12-22(28)30)14-10-16(31-2)23(33-4)17(11-14)32-3/h6-11,19H,5,12-13H2,1-4H3,(H,25,27,29). The first-order chi connectivity index (χ1) is 17.0. The number of rotatable bonds is 8. The third-order valence-electron chi connectivity index (χ3n) is 5.46. The van der Waals surface area contributed by atoms with Gasteiger partial charge in [-0.1, -0.05) is 30.4 Å². The molecule has 35 heavy (non-hydrogen) atoms. The zero-order valence-corrected chi connectivity index (χ0v) is 21.5. The number of benzene rings is 2. The molecule has 1 N–H and O–H groups in total. The Balaban J connectivity index is 1.62. The summed E-state index contributed by atoms with van der Waals surface area (Å²) >= 11 is 2.89. The van der Waals surface area contributed by atoms with Gasteiger partial charge in [0.25, 0.3) is 0 Å². The molecule has 1 unspecified atom stereocenters. The number of hydrogen-bond acceptors (Lipinski definition) is 9. The Morgan fingerprint density at radius 3 is 2.46 bits per heavy atom. The van der Waals surface area contributed by atoms with Crippen molar-refractivity contribution in [1.82, 2.24) is 10.2 Å². The molecule has 0 spiro atoms. The maximum Gasteiger partial charge on any atom is 0.246 e. The molecular formula is C24H26N4O5S2. The van der Waals surface area contributed by atoms with E-state index in [9.17, 15) is 9.59 Å². The van der Waals surface area contributed by atoms with Gasteiger partial charge in [0.15, 0.2) is 11.5 Å². The van der Waals surface area contributed by atoms with E-state index in [4.69, 9.17) is 14.2 Å². The lowest BCUT2D eigenvalue weighted by Gasteiger charge is -2.21. The molecule has 11 heteroatoms. The molecule has 0 fully saturated rings. The number of carbonyl (C=O) groups excluding carboxylic acids is 2. The lowest BCUT2D eigenvalue weighted by Crippen LogP contribution is -2.38. The number of nitrogens with one attached hydrogen (secondary N) is 1. The molecule has 0 bridgehead atoms. The van der Waals surface area contributed by atoms with Gasteiger partial charge in [-0.15, -0.1) is 22.0 Å². The Morgan fingerprint density at radius 1 is 1.11 bits per heavy atom. The van der Waals surface area contributed by atoms with Crippen LogP contribution in [-0.2, 0) is 16.0 Å². The molecule has 2 aromatic carbocycles. The Labute approximate surface area is 211 Å². The predicted octanol–water partition coefficient (Wildman–Crippen LogP) is 4.34. The highest BCUT2D eigenvalue weighted by Gasteiger charge is 2.31. The maximum absolute atomic E-state index is 13.5. The molecule has 9 nitrogen and oxygen atoms in total. The van der Waals surface area contributed by atoms with Crippen LogP contribution in [0.3, 0.4) is 0 Å². The van der Waals surface area contributed by atoms with E-state index < -0.39 is 0 Å². The minimum absolute atomic E-state index is 0.126. The van der Waals surface area contributed by atoms with Crippen molar-refractivity contribution in [3.8, 4) is 17.2 Å². The van der Waals surface area contributed by atoms with E-state index in [0.29, 0.717) is 28.1 Å². The molecule has 184 valence electrons. The van der Waals surface area contributed by atoms with E-state index >= 15 is 0 Å². The van der Waals surface area contributed by atoms with Crippen LogP contribution in [0.2, 0.25) is 0 Å². The third-order valence-corrected chi connectivity index (χ3v) is 7.77. The van der Waals surface area contributed by atoms with Crippen molar-refractivity contribution in [2.75, 3.05) is 38.1 Å². The number of para-hydroxylation sites is 1. The zero-order chi connectivity index (χ0) is 24.9. The molecule has 1 atom stereocenters. The summed E-state index contributed by atoms with van der Waals surface area (Å²) in [6.07, 6.45) is 0.926. The zero-order valence-electron chi connectivity index (χ0n) is 19.9. The number of hydrogen-bond donors (Lipinski definition) is 1. The van der Waals surface area contributed by atoms with Crippen molar-refractivity contribution in [2.45, 2.75) is 29.9 Å². The summed E-state index contributed by atoms with van der Waals surface area (Å²) in [7, 11) is 4.67. The van der Waals surface area contributed by atoms with Gasteiger partial charge in [0, 0.05) is 16.6 Å². The fourth-order valence-corrected chi connectivity index (χ4v) is 5.73. The number of ether oxygens (including phenoxy) is 3. The number of methoxy groups -OCH3 is 3. The topological polar surface area (TPSA) is 103 Å². The molecule has 1 aromatic heterocycles. The summed E-state index contributed by atoms with van der Waals surface area (Å²) in [5.74, 6) is 1.04. The molecule has 4 rings (SSSR count). The largest absolute Gasteiger partial charge is 0.493 e. The van der Waals surface area contributed by atoms with Crippen LogP contribution < -0.4 is 24.4 Å². The number of carbonyl (C=O) groups is 2. The van der Waals surface area contributed by atoms with Gasteiger partial charge in [-0.3, -0.25) is 14.9 Å². The number of amides is 2. The van der Waals surface area contributed by atoms with E-state index in [1.54, 1.807) is 33.1 Å². The van der Waals surface area contributed by atoms with Gasteiger partial charge in [-0.25, -0.2) is 0 Å².